The molecule has 1 aromatic heterocycles. The lowest BCUT2D eigenvalue weighted by molar-refractivity contribution is 0.595. The van der Waals surface area contributed by atoms with Gasteiger partial charge in [-0.05, 0) is 29.8 Å². The van der Waals surface area contributed by atoms with Gasteiger partial charge in [-0.25, -0.2) is 8.42 Å². The van der Waals surface area contributed by atoms with E-state index in [1.807, 2.05) is 0 Å². The van der Waals surface area contributed by atoms with E-state index >= 15 is 0 Å². The first kappa shape index (κ1) is 12.9. The van der Waals surface area contributed by atoms with E-state index in [2.05, 4.69) is 4.98 Å². The van der Waals surface area contributed by atoms with Gasteiger partial charge in [-0.2, -0.15) is 0 Å². The Morgan fingerprint density at radius 2 is 2.06 bits per heavy atom. The minimum absolute atomic E-state index is 0.0854. The highest BCUT2D eigenvalue weighted by molar-refractivity contribution is 7.90. The fourth-order valence-corrected chi connectivity index (χ4v) is 3.49. The van der Waals surface area contributed by atoms with Crippen LogP contribution in [0.15, 0.2) is 47.6 Å². The summed E-state index contributed by atoms with van der Waals surface area (Å²) >= 11 is 5.91. The molecule has 2 N–H and O–H groups in total. The van der Waals surface area contributed by atoms with Crippen LogP contribution >= 0.6 is 11.6 Å². The molecule has 1 heterocycles. The molecule has 0 bridgehead atoms. The van der Waals surface area contributed by atoms with E-state index in [0.717, 1.165) is 0 Å². The number of nitrogens with two attached hydrogens (primary N) is 1. The second kappa shape index (κ2) is 4.96. The van der Waals surface area contributed by atoms with Crippen LogP contribution in [0.1, 0.15) is 5.56 Å². The van der Waals surface area contributed by atoms with Gasteiger partial charge in [0, 0.05) is 18.1 Å². The van der Waals surface area contributed by atoms with Gasteiger partial charge in [-0.1, -0.05) is 17.7 Å². The minimum atomic E-state index is -3.49. The number of aromatic nitrogens is 1. The number of anilines is 1. The maximum atomic E-state index is 12.2. The van der Waals surface area contributed by atoms with Crippen molar-refractivity contribution in [2.75, 3.05) is 5.73 Å². The lowest BCUT2D eigenvalue weighted by atomic mass is 10.3. The van der Waals surface area contributed by atoms with Crippen molar-refractivity contribution in [1.29, 1.82) is 0 Å². The predicted octanol–water partition coefficient (Wildman–Crippen LogP) is 2.29. The number of nitrogen functional groups attached to an aromatic ring is 1. The summed E-state index contributed by atoms with van der Waals surface area (Å²) in [6, 6.07) is 7.76. The molecule has 0 fully saturated rings. The molecule has 0 saturated heterocycles. The molecule has 6 heteroatoms. The molecule has 0 saturated carbocycles. The Hall–Kier alpha value is -1.59. The predicted molar refractivity (Wildman–Crippen MR) is 71.0 cm³/mol. The molecule has 1 aromatic carbocycles. The molecule has 2 aromatic rings. The minimum Gasteiger partial charge on any atom is -0.399 e. The molecule has 0 aliphatic heterocycles. The Balaban J connectivity index is 2.37. The summed E-state index contributed by atoms with van der Waals surface area (Å²) in [4.78, 5) is 3.97. The first-order valence-electron chi connectivity index (χ1n) is 5.16. The lowest BCUT2D eigenvalue weighted by Crippen LogP contribution is -2.06. The molecule has 0 atom stereocenters. The molecule has 0 radical (unpaired) electrons. The SMILES string of the molecule is Nc1ccc(S(=O)(=O)Cc2cccnc2)c(Cl)c1. The van der Waals surface area contributed by atoms with Gasteiger partial charge in [-0.3, -0.25) is 4.98 Å². The maximum Gasteiger partial charge on any atom is 0.184 e. The molecule has 4 nitrogen and oxygen atoms in total. The molecule has 0 spiro atoms. The fourth-order valence-electron chi connectivity index (χ4n) is 1.55. The molecule has 0 aliphatic rings. The van der Waals surface area contributed by atoms with Crippen molar-refractivity contribution in [3.63, 3.8) is 0 Å². The van der Waals surface area contributed by atoms with Crippen LogP contribution in [0.25, 0.3) is 0 Å². The van der Waals surface area contributed by atoms with Gasteiger partial charge in [0.2, 0.25) is 0 Å². The molecule has 0 amide bonds. The third-order valence-corrected chi connectivity index (χ3v) is 4.53. The van der Waals surface area contributed by atoms with Gasteiger partial charge < -0.3 is 5.73 Å². The summed E-state index contributed by atoms with van der Waals surface area (Å²) in [5.41, 5.74) is 6.58. The number of benzene rings is 1. The number of rotatable bonds is 3. The summed E-state index contributed by atoms with van der Waals surface area (Å²) in [5.74, 6) is -0.134. The largest absolute Gasteiger partial charge is 0.399 e. The molecule has 18 heavy (non-hydrogen) atoms. The number of hydrogen-bond donors (Lipinski definition) is 1. The summed E-state index contributed by atoms with van der Waals surface area (Å²) in [6.45, 7) is 0. The van der Waals surface area contributed by atoms with Crippen LogP contribution in [0, 0.1) is 0 Å². The summed E-state index contributed by atoms with van der Waals surface area (Å²) in [5, 5.41) is 0.138. The van der Waals surface area contributed by atoms with Crippen molar-refractivity contribution in [3.05, 3.63) is 53.3 Å². The topological polar surface area (TPSA) is 73.1 Å². The Labute approximate surface area is 110 Å². The average molecular weight is 283 g/mol. The Bertz CT molecular complexity index is 657. The number of pyridine rings is 1. The van der Waals surface area contributed by atoms with Crippen LogP contribution in [0.3, 0.4) is 0 Å². The molecule has 94 valence electrons. The van der Waals surface area contributed by atoms with Crippen molar-refractivity contribution in [3.8, 4) is 0 Å². The number of nitrogens with zero attached hydrogens (tertiary/aromatic N) is 1. The van der Waals surface area contributed by atoms with Crippen LogP contribution < -0.4 is 5.73 Å². The summed E-state index contributed by atoms with van der Waals surface area (Å²) in [6.07, 6.45) is 3.11. The van der Waals surface area contributed by atoms with Crippen molar-refractivity contribution >= 4 is 27.1 Å². The monoisotopic (exact) mass is 282 g/mol. The molecule has 0 unspecified atom stereocenters. The lowest BCUT2D eigenvalue weighted by Gasteiger charge is -2.07. The van der Waals surface area contributed by atoms with Crippen molar-refractivity contribution in [2.45, 2.75) is 10.6 Å². The average Bonchev–Trinajstić information content (AvgIpc) is 2.29. The number of hydrogen-bond acceptors (Lipinski definition) is 4. The van der Waals surface area contributed by atoms with E-state index in [9.17, 15) is 8.42 Å². The van der Waals surface area contributed by atoms with Crippen LogP contribution in [0.5, 0.6) is 0 Å². The van der Waals surface area contributed by atoms with Crippen molar-refractivity contribution in [1.82, 2.24) is 4.98 Å². The van der Waals surface area contributed by atoms with Gasteiger partial charge in [0.05, 0.1) is 15.7 Å². The molecular weight excluding hydrogens is 272 g/mol. The van der Waals surface area contributed by atoms with E-state index in [4.69, 9.17) is 17.3 Å². The molecule has 0 aliphatic carbocycles. The summed E-state index contributed by atoms with van der Waals surface area (Å²) < 4.78 is 24.4. The van der Waals surface area contributed by atoms with Crippen molar-refractivity contribution in [2.24, 2.45) is 0 Å². The second-order valence-corrected chi connectivity index (χ2v) is 6.18. The van der Waals surface area contributed by atoms with Gasteiger partial charge >= 0.3 is 0 Å². The molecule has 2 rings (SSSR count). The van der Waals surface area contributed by atoms with Crippen LogP contribution in [-0.4, -0.2) is 13.4 Å². The van der Waals surface area contributed by atoms with Crippen LogP contribution in [-0.2, 0) is 15.6 Å². The van der Waals surface area contributed by atoms with Gasteiger partial charge in [-0.15, -0.1) is 0 Å². The number of halogens is 1. The van der Waals surface area contributed by atoms with Crippen molar-refractivity contribution < 1.29 is 8.42 Å². The van der Waals surface area contributed by atoms with E-state index in [1.165, 1.54) is 24.4 Å². The Kier molecular flexibility index (Phi) is 3.54. The van der Waals surface area contributed by atoms with E-state index in [0.29, 0.717) is 11.3 Å². The Morgan fingerprint density at radius 1 is 1.28 bits per heavy atom. The zero-order valence-electron chi connectivity index (χ0n) is 9.38. The van der Waals surface area contributed by atoms with E-state index in [-0.39, 0.29) is 15.7 Å². The van der Waals surface area contributed by atoms with Gasteiger partial charge in [0.15, 0.2) is 9.84 Å². The van der Waals surface area contributed by atoms with E-state index < -0.39 is 9.84 Å². The zero-order valence-corrected chi connectivity index (χ0v) is 10.9. The molecular formula is C12H11ClN2O2S. The maximum absolute atomic E-state index is 12.2. The van der Waals surface area contributed by atoms with Crippen LogP contribution in [0.2, 0.25) is 5.02 Å². The fraction of sp³-hybridized carbons (Fsp3) is 0.0833. The Morgan fingerprint density at radius 3 is 2.67 bits per heavy atom. The standard InChI is InChI=1S/C12H11ClN2O2S/c13-11-6-10(14)3-4-12(11)18(16,17)8-9-2-1-5-15-7-9/h1-7H,8,14H2. The first-order chi connectivity index (χ1) is 8.49. The zero-order chi connectivity index (χ0) is 13.2. The number of sulfone groups is 1. The smallest absolute Gasteiger partial charge is 0.184 e. The van der Waals surface area contributed by atoms with Gasteiger partial charge in [0.1, 0.15) is 0 Å². The quantitative estimate of drug-likeness (QED) is 0.877. The first-order valence-corrected chi connectivity index (χ1v) is 7.19. The summed E-state index contributed by atoms with van der Waals surface area (Å²) in [7, 11) is -3.49. The van der Waals surface area contributed by atoms with Gasteiger partial charge in [0.25, 0.3) is 0 Å². The highest BCUT2D eigenvalue weighted by Gasteiger charge is 2.18. The highest BCUT2D eigenvalue weighted by Crippen LogP contribution is 2.26. The normalized spacial score (nSPS) is 11.4. The highest BCUT2D eigenvalue weighted by atomic mass is 35.5. The third kappa shape index (κ3) is 2.80. The van der Waals surface area contributed by atoms with E-state index in [1.54, 1.807) is 18.3 Å². The van der Waals surface area contributed by atoms with Crippen LogP contribution in [0.4, 0.5) is 5.69 Å². The third-order valence-electron chi connectivity index (χ3n) is 2.37. The second-order valence-electron chi connectivity index (χ2n) is 3.81.